The van der Waals surface area contributed by atoms with E-state index in [1.165, 1.54) is 19.3 Å². The van der Waals surface area contributed by atoms with E-state index < -0.39 is 5.91 Å². The van der Waals surface area contributed by atoms with Crippen LogP contribution in [0.25, 0.3) is 0 Å². The molecule has 1 aromatic carbocycles. The molecule has 19 heavy (non-hydrogen) atoms. The smallest absolute Gasteiger partial charge is 0.252 e. The van der Waals surface area contributed by atoms with Gasteiger partial charge in [-0.05, 0) is 44.0 Å². The molecule has 0 aliphatic carbocycles. The Morgan fingerprint density at radius 1 is 1.47 bits per heavy atom. The minimum Gasteiger partial charge on any atom is -0.493 e. The van der Waals surface area contributed by atoms with Crippen LogP contribution < -0.4 is 15.8 Å². The highest BCUT2D eigenvalue weighted by atomic mass is 79.9. The lowest BCUT2D eigenvalue weighted by Crippen LogP contribution is -2.35. The van der Waals surface area contributed by atoms with E-state index in [9.17, 15) is 4.79 Å². The first kappa shape index (κ1) is 14.3. The molecular weight excluding hydrogens is 308 g/mol. The van der Waals surface area contributed by atoms with Crippen LogP contribution in [-0.4, -0.2) is 25.1 Å². The SMILES string of the molecule is NC(=O)c1ccc(Br)cc1OCCC1CCCCN1. The van der Waals surface area contributed by atoms with Gasteiger partial charge in [-0.25, -0.2) is 0 Å². The molecule has 1 saturated heterocycles. The highest BCUT2D eigenvalue weighted by Crippen LogP contribution is 2.24. The maximum atomic E-state index is 11.3. The minimum atomic E-state index is -0.460. The number of ether oxygens (including phenoxy) is 1. The van der Waals surface area contributed by atoms with Crippen molar-refractivity contribution in [3.05, 3.63) is 28.2 Å². The molecule has 1 atom stereocenters. The summed E-state index contributed by atoms with van der Waals surface area (Å²) in [6.07, 6.45) is 4.69. The number of nitrogens with one attached hydrogen (secondary N) is 1. The van der Waals surface area contributed by atoms with Gasteiger partial charge in [-0.1, -0.05) is 22.4 Å². The lowest BCUT2D eigenvalue weighted by Gasteiger charge is -2.23. The standard InChI is InChI=1S/C14H19BrN2O2/c15-10-4-5-12(14(16)18)13(9-10)19-8-6-11-3-1-2-7-17-11/h4-5,9,11,17H,1-3,6-8H2,(H2,16,18). The van der Waals surface area contributed by atoms with Crippen LogP contribution in [-0.2, 0) is 0 Å². The fourth-order valence-electron chi connectivity index (χ4n) is 2.30. The summed E-state index contributed by atoms with van der Waals surface area (Å²) in [6.45, 7) is 1.68. The van der Waals surface area contributed by atoms with Gasteiger partial charge in [0, 0.05) is 10.5 Å². The topological polar surface area (TPSA) is 64.4 Å². The highest BCUT2D eigenvalue weighted by Gasteiger charge is 2.14. The summed E-state index contributed by atoms with van der Waals surface area (Å²) in [5, 5.41) is 3.47. The Bertz CT molecular complexity index is 445. The van der Waals surface area contributed by atoms with Gasteiger partial charge in [0.15, 0.2) is 0 Å². The zero-order chi connectivity index (χ0) is 13.7. The molecule has 4 nitrogen and oxygen atoms in total. The molecule has 0 saturated carbocycles. The number of carbonyl (C=O) groups excluding carboxylic acids is 1. The molecule has 0 aromatic heterocycles. The molecule has 104 valence electrons. The summed E-state index contributed by atoms with van der Waals surface area (Å²) in [6, 6.07) is 5.78. The number of rotatable bonds is 5. The fraction of sp³-hybridized carbons (Fsp3) is 0.500. The van der Waals surface area contributed by atoms with Crippen molar-refractivity contribution in [2.45, 2.75) is 31.7 Å². The number of benzene rings is 1. The van der Waals surface area contributed by atoms with Crippen LogP contribution in [0.5, 0.6) is 5.75 Å². The molecule has 1 heterocycles. The van der Waals surface area contributed by atoms with Gasteiger partial charge in [0.2, 0.25) is 0 Å². The minimum absolute atomic E-state index is 0.430. The van der Waals surface area contributed by atoms with E-state index in [-0.39, 0.29) is 0 Å². The third-order valence-corrected chi connectivity index (χ3v) is 3.84. The molecule has 1 aromatic rings. The van der Waals surface area contributed by atoms with Gasteiger partial charge < -0.3 is 15.8 Å². The van der Waals surface area contributed by atoms with Gasteiger partial charge >= 0.3 is 0 Å². The quantitative estimate of drug-likeness (QED) is 0.873. The third-order valence-electron chi connectivity index (χ3n) is 3.35. The largest absolute Gasteiger partial charge is 0.493 e. The number of nitrogens with two attached hydrogens (primary N) is 1. The second-order valence-corrected chi connectivity index (χ2v) is 5.70. The summed E-state index contributed by atoms with van der Waals surface area (Å²) in [5.74, 6) is 0.0935. The van der Waals surface area contributed by atoms with E-state index in [0.717, 1.165) is 17.4 Å². The summed E-state index contributed by atoms with van der Waals surface area (Å²) < 4.78 is 6.59. The van der Waals surface area contributed by atoms with Crippen molar-refractivity contribution in [2.75, 3.05) is 13.2 Å². The van der Waals surface area contributed by atoms with Crippen molar-refractivity contribution >= 4 is 21.8 Å². The van der Waals surface area contributed by atoms with Crippen LogP contribution in [0.15, 0.2) is 22.7 Å². The van der Waals surface area contributed by atoms with Crippen LogP contribution in [0.2, 0.25) is 0 Å². The molecule has 0 radical (unpaired) electrons. The van der Waals surface area contributed by atoms with Gasteiger partial charge in [0.05, 0.1) is 12.2 Å². The molecule has 1 amide bonds. The van der Waals surface area contributed by atoms with E-state index in [1.807, 2.05) is 0 Å². The van der Waals surface area contributed by atoms with Crippen molar-refractivity contribution < 1.29 is 9.53 Å². The second-order valence-electron chi connectivity index (χ2n) is 4.79. The third kappa shape index (κ3) is 4.21. The Hall–Kier alpha value is -1.07. The van der Waals surface area contributed by atoms with Crippen molar-refractivity contribution in [3.63, 3.8) is 0 Å². The van der Waals surface area contributed by atoms with Crippen LogP contribution in [0.4, 0.5) is 0 Å². The van der Waals surface area contributed by atoms with Gasteiger partial charge in [-0.3, -0.25) is 4.79 Å². The molecule has 1 aliphatic heterocycles. The average Bonchev–Trinajstić information content (AvgIpc) is 2.39. The Balaban J connectivity index is 1.91. The number of hydrogen-bond donors (Lipinski definition) is 2. The zero-order valence-electron chi connectivity index (χ0n) is 10.8. The molecule has 2 rings (SSSR count). The number of hydrogen-bond acceptors (Lipinski definition) is 3. The van der Waals surface area contributed by atoms with E-state index in [2.05, 4.69) is 21.2 Å². The Morgan fingerprint density at radius 3 is 3.00 bits per heavy atom. The number of halogens is 1. The summed E-state index contributed by atoms with van der Waals surface area (Å²) in [4.78, 5) is 11.3. The average molecular weight is 327 g/mol. The monoisotopic (exact) mass is 326 g/mol. The van der Waals surface area contributed by atoms with Crippen molar-refractivity contribution in [2.24, 2.45) is 5.73 Å². The van der Waals surface area contributed by atoms with Crippen molar-refractivity contribution in [3.8, 4) is 5.75 Å². The lowest BCUT2D eigenvalue weighted by atomic mass is 10.0. The molecular formula is C14H19BrN2O2. The number of amides is 1. The van der Waals surface area contributed by atoms with Crippen molar-refractivity contribution in [1.29, 1.82) is 0 Å². The zero-order valence-corrected chi connectivity index (χ0v) is 12.4. The normalized spacial score (nSPS) is 19.1. The fourth-order valence-corrected chi connectivity index (χ4v) is 2.64. The molecule has 1 unspecified atom stereocenters. The van der Waals surface area contributed by atoms with Gasteiger partial charge in [0.25, 0.3) is 5.91 Å². The maximum absolute atomic E-state index is 11.3. The number of carbonyl (C=O) groups is 1. The molecule has 5 heteroatoms. The van der Waals surface area contributed by atoms with E-state index in [1.54, 1.807) is 18.2 Å². The summed E-state index contributed by atoms with van der Waals surface area (Å²) in [5.41, 5.74) is 5.76. The molecule has 1 aliphatic rings. The lowest BCUT2D eigenvalue weighted by molar-refractivity contribution is 0.0996. The maximum Gasteiger partial charge on any atom is 0.252 e. The van der Waals surface area contributed by atoms with Crippen LogP contribution in [0.3, 0.4) is 0 Å². The molecule has 1 fully saturated rings. The van der Waals surface area contributed by atoms with Gasteiger partial charge in [-0.15, -0.1) is 0 Å². The Kier molecular flexibility index (Phi) is 5.22. The van der Waals surface area contributed by atoms with Crippen LogP contribution in [0, 0.1) is 0 Å². The first-order chi connectivity index (χ1) is 9.16. The Labute approximate surface area is 121 Å². The van der Waals surface area contributed by atoms with E-state index in [0.29, 0.717) is 24.0 Å². The van der Waals surface area contributed by atoms with Gasteiger partial charge in [-0.2, -0.15) is 0 Å². The number of primary amides is 1. The molecule has 0 bridgehead atoms. The second kappa shape index (κ2) is 6.91. The predicted molar refractivity (Wildman–Crippen MR) is 78.4 cm³/mol. The predicted octanol–water partition coefficient (Wildman–Crippen LogP) is 2.46. The van der Waals surface area contributed by atoms with Crippen LogP contribution in [0.1, 0.15) is 36.0 Å². The van der Waals surface area contributed by atoms with Crippen LogP contribution >= 0.6 is 15.9 Å². The summed E-state index contributed by atoms with van der Waals surface area (Å²) in [7, 11) is 0. The molecule has 0 spiro atoms. The Morgan fingerprint density at radius 2 is 2.32 bits per heavy atom. The van der Waals surface area contributed by atoms with Gasteiger partial charge in [0.1, 0.15) is 5.75 Å². The highest BCUT2D eigenvalue weighted by molar-refractivity contribution is 9.10. The molecule has 3 N–H and O–H groups in total. The van der Waals surface area contributed by atoms with E-state index >= 15 is 0 Å². The first-order valence-corrected chi connectivity index (χ1v) is 7.41. The van der Waals surface area contributed by atoms with E-state index in [4.69, 9.17) is 10.5 Å². The van der Waals surface area contributed by atoms with Crippen molar-refractivity contribution in [1.82, 2.24) is 5.32 Å². The number of piperidine rings is 1. The summed E-state index contributed by atoms with van der Waals surface area (Å²) >= 11 is 3.37. The first-order valence-electron chi connectivity index (χ1n) is 6.62.